The second kappa shape index (κ2) is 6.16. The molecule has 0 amide bonds. The second-order valence-electron chi connectivity index (χ2n) is 4.60. The Balaban J connectivity index is 1.75. The molecule has 4 heteroatoms. The van der Waals surface area contributed by atoms with Crippen molar-refractivity contribution in [1.82, 2.24) is 0 Å². The molecule has 3 aromatic rings. The van der Waals surface area contributed by atoms with E-state index in [1.54, 1.807) is 0 Å². The van der Waals surface area contributed by atoms with Gasteiger partial charge < -0.3 is 14.9 Å². The van der Waals surface area contributed by atoms with Crippen molar-refractivity contribution in [2.24, 2.45) is 5.73 Å². The van der Waals surface area contributed by atoms with Crippen LogP contribution in [-0.2, 0) is 0 Å². The zero-order valence-electron chi connectivity index (χ0n) is 11.2. The van der Waals surface area contributed by atoms with E-state index >= 15 is 0 Å². The molecule has 0 saturated carbocycles. The number of furan rings is 1. The molecule has 0 spiro atoms. The van der Waals surface area contributed by atoms with Crippen LogP contribution in [0.25, 0.3) is 0 Å². The fourth-order valence-corrected chi connectivity index (χ4v) is 2.35. The number of ether oxygens (including phenoxy) is 1. The van der Waals surface area contributed by atoms with Gasteiger partial charge in [-0.3, -0.25) is 0 Å². The normalized spacial score (nSPS) is 12.1. The number of para-hydroxylation sites is 1. The molecule has 2 aromatic carbocycles. The van der Waals surface area contributed by atoms with E-state index in [1.165, 1.54) is 0 Å². The lowest BCUT2D eigenvalue weighted by atomic mass is 10.1. The summed E-state index contributed by atoms with van der Waals surface area (Å²) in [6, 6.07) is 20.8. The van der Waals surface area contributed by atoms with Crippen LogP contribution in [0.2, 0.25) is 0 Å². The van der Waals surface area contributed by atoms with Gasteiger partial charge in [-0.2, -0.15) is 0 Å². The summed E-state index contributed by atoms with van der Waals surface area (Å²) < 4.78 is 11.9. The van der Waals surface area contributed by atoms with E-state index in [2.05, 4.69) is 15.9 Å². The van der Waals surface area contributed by atoms with Crippen LogP contribution in [0.4, 0.5) is 0 Å². The Morgan fingerprint density at radius 3 is 2.14 bits per heavy atom. The quantitative estimate of drug-likeness (QED) is 0.734. The highest BCUT2D eigenvalue weighted by molar-refractivity contribution is 9.10. The van der Waals surface area contributed by atoms with E-state index in [1.807, 2.05) is 66.7 Å². The summed E-state index contributed by atoms with van der Waals surface area (Å²) >= 11 is 3.28. The van der Waals surface area contributed by atoms with Crippen molar-refractivity contribution < 1.29 is 9.15 Å². The molecule has 3 rings (SSSR count). The van der Waals surface area contributed by atoms with Crippen molar-refractivity contribution in [3.05, 3.63) is 82.7 Å². The summed E-state index contributed by atoms with van der Waals surface area (Å²) in [7, 11) is 0. The summed E-state index contributed by atoms with van der Waals surface area (Å²) in [5, 5.41) is 0. The van der Waals surface area contributed by atoms with Crippen LogP contribution < -0.4 is 10.5 Å². The Hall–Kier alpha value is -2.04. The monoisotopic (exact) mass is 343 g/mol. The highest BCUT2D eigenvalue weighted by Gasteiger charge is 2.13. The maximum Gasteiger partial charge on any atom is 0.169 e. The van der Waals surface area contributed by atoms with Crippen LogP contribution in [0.15, 0.2) is 75.8 Å². The molecule has 0 saturated heterocycles. The zero-order valence-corrected chi connectivity index (χ0v) is 12.8. The minimum Gasteiger partial charge on any atom is -0.457 e. The van der Waals surface area contributed by atoms with Crippen molar-refractivity contribution in [1.29, 1.82) is 0 Å². The predicted molar refractivity (Wildman–Crippen MR) is 85.4 cm³/mol. The molecule has 0 aliphatic heterocycles. The van der Waals surface area contributed by atoms with E-state index in [0.29, 0.717) is 4.67 Å². The average molecular weight is 344 g/mol. The van der Waals surface area contributed by atoms with E-state index < -0.39 is 0 Å². The first kappa shape index (κ1) is 13.9. The Morgan fingerprint density at radius 2 is 1.52 bits per heavy atom. The van der Waals surface area contributed by atoms with Crippen LogP contribution >= 0.6 is 15.9 Å². The largest absolute Gasteiger partial charge is 0.457 e. The van der Waals surface area contributed by atoms with Crippen molar-refractivity contribution in [3.63, 3.8) is 0 Å². The molecule has 106 valence electrons. The maximum atomic E-state index is 6.18. The van der Waals surface area contributed by atoms with Gasteiger partial charge in [-0.05, 0) is 57.9 Å². The van der Waals surface area contributed by atoms with Gasteiger partial charge in [-0.1, -0.05) is 30.3 Å². The van der Waals surface area contributed by atoms with Gasteiger partial charge >= 0.3 is 0 Å². The van der Waals surface area contributed by atoms with Crippen LogP contribution in [-0.4, -0.2) is 0 Å². The van der Waals surface area contributed by atoms with Crippen LogP contribution in [0.1, 0.15) is 17.4 Å². The number of hydrogen-bond donors (Lipinski definition) is 1. The Bertz CT molecular complexity index is 707. The molecular weight excluding hydrogens is 330 g/mol. The first-order valence-corrected chi connectivity index (χ1v) is 7.35. The van der Waals surface area contributed by atoms with Gasteiger partial charge in [0.05, 0.1) is 6.04 Å². The van der Waals surface area contributed by atoms with Crippen LogP contribution in [0.5, 0.6) is 11.5 Å². The first-order chi connectivity index (χ1) is 10.2. The molecule has 1 unspecified atom stereocenters. The van der Waals surface area contributed by atoms with Crippen molar-refractivity contribution in [2.45, 2.75) is 6.04 Å². The third kappa shape index (κ3) is 3.35. The fraction of sp³-hybridized carbons (Fsp3) is 0.0588. The fourth-order valence-electron chi connectivity index (χ4n) is 2.03. The van der Waals surface area contributed by atoms with Crippen molar-refractivity contribution in [2.75, 3.05) is 0 Å². The lowest BCUT2D eigenvalue weighted by molar-refractivity contribution is 0.468. The molecule has 21 heavy (non-hydrogen) atoms. The Labute approximate surface area is 131 Å². The lowest BCUT2D eigenvalue weighted by Gasteiger charge is -2.10. The molecule has 0 fully saturated rings. The molecule has 3 nitrogen and oxygen atoms in total. The third-order valence-electron chi connectivity index (χ3n) is 3.12. The van der Waals surface area contributed by atoms with E-state index in [9.17, 15) is 0 Å². The number of halogens is 1. The minimum absolute atomic E-state index is 0.290. The zero-order chi connectivity index (χ0) is 14.7. The van der Waals surface area contributed by atoms with Crippen molar-refractivity contribution >= 4 is 15.9 Å². The molecule has 0 bridgehead atoms. The number of nitrogens with two attached hydrogens (primary N) is 1. The highest BCUT2D eigenvalue weighted by atomic mass is 79.9. The van der Waals surface area contributed by atoms with Gasteiger partial charge in [0.15, 0.2) is 4.67 Å². The number of rotatable bonds is 4. The van der Waals surface area contributed by atoms with Crippen LogP contribution in [0.3, 0.4) is 0 Å². The molecular formula is C17H14BrNO2. The van der Waals surface area contributed by atoms with Gasteiger partial charge in [0.25, 0.3) is 0 Å². The number of benzene rings is 2. The molecule has 1 atom stereocenters. The summed E-state index contributed by atoms with van der Waals surface area (Å²) in [5.41, 5.74) is 7.15. The number of hydrogen-bond acceptors (Lipinski definition) is 3. The first-order valence-electron chi connectivity index (χ1n) is 6.56. The summed E-state index contributed by atoms with van der Waals surface area (Å²) in [5.74, 6) is 2.31. The van der Waals surface area contributed by atoms with Gasteiger partial charge in [-0.15, -0.1) is 0 Å². The van der Waals surface area contributed by atoms with Crippen LogP contribution in [0, 0.1) is 0 Å². The summed E-state index contributed by atoms with van der Waals surface area (Å²) in [4.78, 5) is 0. The SMILES string of the molecule is NC(c1ccc(Oc2ccccc2)cc1)c1ccc(Br)o1. The van der Waals surface area contributed by atoms with E-state index in [0.717, 1.165) is 22.8 Å². The van der Waals surface area contributed by atoms with E-state index in [4.69, 9.17) is 14.9 Å². The van der Waals surface area contributed by atoms with Crippen molar-refractivity contribution in [3.8, 4) is 11.5 Å². The Kier molecular flexibility index (Phi) is 4.08. The maximum absolute atomic E-state index is 6.18. The molecule has 2 N–H and O–H groups in total. The summed E-state index contributed by atoms with van der Waals surface area (Å²) in [6.45, 7) is 0. The lowest BCUT2D eigenvalue weighted by Crippen LogP contribution is -2.10. The van der Waals surface area contributed by atoms with Gasteiger partial charge in [-0.25, -0.2) is 0 Å². The molecule has 0 aliphatic rings. The van der Waals surface area contributed by atoms with Gasteiger partial charge in [0.2, 0.25) is 0 Å². The topological polar surface area (TPSA) is 48.4 Å². The third-order valence-corrected chi connectivity index (χ3v) is 3.54. The minimum atomic E-state index is -0.290. The molecule has 1 heterocycles. The van der Waals surface area contributed by atoms with E-state index in [-0.39, 0.29) is 6.04 Å². The molecule has 0 radical (unpaired) electrons. The second-order valence-corrected chi connectivity index (χ2v) is 5.39. The molecule has 1 aromatic heterocycles. The standard InChI is InChI=1S/C17H14BrNO2/c18-16-11-10-15(21-16)17(19)12-6-8-14(9-7-12)20-13-4-2-1-3-5-13/h1-11,17H,19H2. The van der Waals surface area contributed by atoms with Gasteiger partial charge in [0, 0.05) is 0 Å². The predicted octanol–water partition coefficient (Wildman–Crippen LogP) is 4.88. The smallest absolute Gasteiger partial charge is 0.169 e. The average Bonchev–Trinajstić information content (AvgIpc) is 2.95. The highest BCUT2D eigenvalue weighted by Crippen LogP contribution is 2.27. The molecule has 0 aliphatic carbocycles. The van der Waals surface area contributed by atoms with Gasteiger partial charge in [0.1, 0.15) is 17.3 Å². The summed E-state index contributed by atoms with van der Waals surface area (Å²) in [6.07, 6.45) is 0. The Morgan fingerprint density at radius 1 is 0.857 bits per heavy atom.